The van der Waals surface area contributed by atoms with Crippen LogP contribution in [0, 0.1) is 6.92 Å². The average Bonchev–Trinajstić information content (AvgIpc) is 2.66. The number of halogens is 3. The van der Waals surface area contributed by atoms with Crippen LogP contribution in [0.4, 0.5) is 4.79 Å². The van der Waals surface area contributed by atoms with Crippen LogP contribution in [-0.4, -0.2) is 21.9 Å². The molecule has 3 aromatic rings. The topological polar surface area (TPSA) is 83.7 Å². The van der Waals surface area contributed by atoms with Gasteiger partial charge in [0, 0.05) is 5.56 Å². The largest absolute Gasteiger partial charge is 0.425 e. The van der Waals surface area contributed by atoms with E-state index in [0.29, 0.717) is 10.3 Å². The fraction of sp³-hybridized carbons (Fsp3) is 0.0500. The molecular formula is C20H14Cl3N3O3. The summed E-state index contributed by atoms with van der Waals surface area (Å²) in [6.45, 7) is 1.95. The van der Waals surface area contributed by atoms with Crippen LogP contribution in [0.3, 0.4) is 0 Å². The molecule has 1 aromatic heterocycles. The van der Waals surface area contributed by atoms with Crippen LogP contribution in [0.5, 0.6) is 0 Å². The minimum Gasteiger partial charge on any atom is -0.425 e. The van der Waals surface area contributed by atoms with Gasteiger partial charge in [0.05, 0.1) is 15.6 Å². The molecule has 3 amide bonds. The number of aryl methyl sites for hydroxylation is 1. The molecule has 0 aliphatic carbocycles. The zero-order valence-electron chi connectivity index (χ0n) is 15.0. The third kappa shape index (κ3) is 4.62. The standard InChI is InChI=1S/C20H14Cl3N3O3/c1-11-5-7-12(8-6-11)13-9-10-16(26(29)18(13)23)24-20(28)25-19(27)17-14(21)3-2-4-15(17)22/h2-10,29H,1H3,(H,25,27,28). The van der Waals surface area contributed by atoms with Crippen molar-refractivity contribution in [1.29, 1.82) is 0 Å². The Morgan fingerprint density at radius 3 is 2.21 bits per heavy atom. The number of nitrogens with one attached hydrogen (secondary N) is 1. The van der Waals surface area contributed by atoms with Crippen molar-refractivity contribution in [3.8, 4) is 11.1 Å². The van der Waals surface area contributed by atoms with Gasteiger partial charge in [-0.15, -0.1) is 0 Å². The number of hydrogen-bond acceptors (Lipinski definition) is 3. The van der Waals surface area contributed by atoms with Crippen LogP contribution in [-0.2, 0) is 0 Å². The summed E-state index contributed by atoms with van der Waals surface area (Å²) in [7, 11) is 0. The number of amides is 3. The number of carbonyl (C=O) groups is 2. The van der Waals surface area contributed by atoms with Crippen molar-refractivity contribution in [2.45, 2.75) is 6.92 Å². The fourth-order valence-corrected chi connectivity index (χ4v) is 3.38. The number of aromatic nitrogens is 1. The van der Waals surface area contributed by atoms with Gasteiger partial charge < -0.3 is 5.21 Å². The van der Waals surface area contributed by atoms with E-state index in [1.807, 2.05) is 36.5 Å². The molecule has 0 unspecified atom stereocenters. The van der Waals surface area contributed by atoms with Gasteiger partial charge in [0.2, 0.25) is 0 Å². The van der Waals surface area contributed by atoms with Crippen LogP contribution in [0.2, 0.25) is 15.2 Å². The van der Waals surface area contributed by atoms with Gasteiger partial charge in [-0.25, -0.2) is 4.79 Å². The lowest BCUT2D eigenvalue weighted by Gasteiger charge is -2.09. The molecular weight excluding hydrogens is 437 g/mol. The highest BCUT2D eigenvalue weighted by Gasteiger charge is 2.17. The fourth-order valence-electron chi connectivity index (χ4n) is 2.55. The Morgan fingerprint density at radius 1 is 0.966 bits per heavy atom. The van der Waals surface area contributed by atoms with Gasteiger partial charge in [-0.1, -0.05) is 70.7 Å². The minimum atomic E-state index is -1.02. The van der Waals surface area contributed by atoms with Gasteiger partial charge in [-0.2, -0.15) is 9.72 Å². The van der Waals surface area contributed by atoms with Crippen molar-refractivity contribution in [2.75, 3.05) is 0 Å². The van der Waals surface area contributed by atoms with Gasteiger partial charge in [-0.05, 0) is 36.8 Å². The summed E-state index contributed by atoms with van der Waals surface area (Å²) >= 11 is 18.1. The first-order chi connectivity index (χ1) is 13.8. The summed E-state index contributed by atoms with van der Waals surface area (Å²) in [5, 5.41) is 12.4. The van der Waals surface area contributed by atoms with Crippen molar-refractivity contribution < 1.29 is 14.8 Å². The van der Waals surface area contributed by atoms with E-state index in [0.717, 1.165) is 11.1 Å². The zero-order chi connectivity index (χ0) is 21.1. The number of benzene rings is 2. The summed E-state index contributed by atoms with van der Waals surface area (Å²) in [5.41, 5.74) is 2.19. The predicted octanol–water partition coefficient (Wildman–Crippen LogP) is 5.11. The van der Waals surface area contributed by atoms with Gasteiger partial charge in [0.15, 0.2) is 10.6 Å². The van der Waals surface area contributed by atoms with E-state index >= 15 is 0 Å². The van der Waals surface area contributed by atoms with Gasteiger partial charge in [0.25, 0.3) is 5.91 Å². The molecule has 148 valence electrons. The summed E-state index contributed by atoms with van der Waals surface area (Å²) in [6, 6.07) is 14.0. The molecule has 0 saturated carbocycles. The van der Waals surface area contributed by atoms with Crippen molar-refractivity contribution >= 4 is 46.7 Å². The number of pyridine rings is 1. The molecule has 0 saturated heterocycles. The number of carbonyl (C=O) groups excluding carboxylic acids is 2. The number of hydrogen-bond donors (Lipinski definition) is 2. The number of imide groups is 1. The molecule has 0 bridgehead atoms. The molecule has 6 nitrogen and oxygen atoms in total. The Morgan fingerprint density at radius 2 is 1.59 bits per heavy atom. The first-order valence-electron chi connectivity index (χ1n) is 8.30. The molecule has 29 heavy (non-hydrogen) atoms. The normalized spacial score (nSPS) is 11.4. The quantitative estimate of drug-likeness (QED) is 0.420. The number of rotatable bonds is 2. The highest BCUT2D eigenvalue weighted by molar-refractivity contribution is 6.40. The highest BCUT2D eigenvalue weighted by atomic mass is 35.5. The third-order valence-electron chi connectivity index (χ3n) is 4.01. The first kappa shape index (κ1) is 20.9. The van der Waals surface area contributed by atoms with Crippen LogP contribution >= 0.6 is 34.8 Å². The Labute approximate surface area is 180 Å². The molecule has 2 aromatic carbocycles. The van der Waals surface area contributed by atoms with Crippen molar-refractivity contribution in [2.24, 2.45) is 4.99 Å². The van der Waals surface area contributed by atoms with E-state index in [1.54, 1.807) is 12.1 Å². The van der Waals surface area contributed by atoms with E-state index < -0.39 is 11.9 Å². The molecule has 0 aliphatic rings. The summed E-state index contributed by atoms with van der Waals surface area (Å²) < 4.78 is 0.559. The maximum absolute atomic E-state index is 12.2. The third-order valence-corrected chi connectivity index (χ3v) is 5.01. The number of nitrogens with zero attached hydrogens (tertiary/aromatic N) is 2. The zero-order valence-corrected chi connectivity index (χ0v) is 17.3. The summed E-state index contributed by atoms with van der Waals surface area (Å²) in [4.78, 5) is 28.0. The maximum atomic E-state index is 12.2. The molecule has 1 heterocycles. The molecule has 0 fully saturated rings. The van der Waals surface area contributed by atoms with E-state index in [2.05, 4.69) is 4.99 Å². The van der Waals surface area contributed by atoms with Crippen LogP contribution in [0.15, 0.2) is 59.6 Å². The van der Waals surface area contributed by atoms with E-state index in [4.69, 9.17) is 34.8 Å². The lowest BCUT2D eigenvalue weighted by atomic mass is 10.1. The SMILES string of the molecule is Cc1ccc(-c2ccc(=NC(=O)NC(=O)c3c(Cl)cccc3Cl)n(O)c2Cl)cc1. The first-order valence-corrected chi connectivity index (χ1v) is 9.43. The molecule has 0 spiro atoms. The summed E-state index contributed by atoms with van der Waals surface area (Å²) in [5.74, 6) is -0.818. The molecule has 9 heteroatoms. The second-order valence-corrected chi connectivity index (χ2v) is 7.21. The lowest BCUT2D eigenvalue weighted by molar-refractivity contribution is 0.0966. The van der Waals surface area contributed by atoms with Crippen LogP contribution in [0.25, 0.3) is 11.1 Å². The summed E-state index contributed by atoms with van der Waals surface area (Å²) in [6.07, 6.45) is 0. The lowest BCUT2D eigenvalue weighted by Crippen LogP contribution is -2.31. The molecule has 0 atom stereocenters. The van der Waals surface area contributed by atoms with Crippen molar-refractivity contribution in [3.05, 3.63) is 86.4 Å². The second kappa shape index (κ2) is 8.69. The Hall–Kier alpha value is -2.80. The van der Waals surface area contributed by atoms with Crippen LogP contribution in [0.1, 0.15) is 15.9 Å². The molecule has 2 N–H and O–H groups in total. The highest BCUT2D eigenvalue weighted by Crippen LogP contribution is 2.26. The van der Waals surface area contributed by atoms with Gasteiger partial charge in [0.1, 0.15) is 0 Å². The molecule has 0 aliphatic heterocycles. The smallest absolute Gasteiger partial charge is 0.349 e. The van der Waals surface area contributed by atoms with Gasteiger partial charge in [-0.3, -0.25) is 10.1 Å². The number of urea groups is 1. The monoisotopic (exact) mass is 449 g/mol. The van der Waals surface area contributed by atoms with Crippen molar-refractivity contribution in [3.63, 3.8) is 0 Å². The minimum absolute atomic E-state index is 0.0385. The van der Waals surface area contributed by atoms with Gasteiger partial charge >= 0.3 is 6.03 Å². The van der Waals surface area contributed by atoms with E-state index in [9.17, 15) is 14.8 Å². The Bertz CT molecular complexity index is 1150. The Kier molecular flexibility index (Phi) is 6.27. The predicted molar refractivity (Wildman–Crippen MR) is 112 cm³/mol. The van der Waals surface area contributed by atoms with E-state index in [-0.39, 0.29) is 26.2 Å². The van der Waals surface area contributed by atoms with Crippen molar-refractivity contribution in [1.82, 2.24) is 10.0 Å². The Balaban J connectivity index is 1.88. The molecule has 3 rings (SSSR count). The van der Waals surface area contributed by atoms with E-state index in [1.165, 1.54) is 18.2 Å². The maximum Gasteiger partial charge on any atom is 0.349 e. The average molecular weight is 451 g/mol. The second-order valence-electron chi connectivity index (χ2n) is 6.04. The van der Waals surface area contributed by atoms with Crippen LogP contribution < -0.4 is 10.8 Å². The molecule has 0 radical (unpaired) electrons.